The Kier molecular flexibility index (Phi) is 3.88. The molecule has 0 saturated carbocycles. The van der Waals surface area contributed by atoms with Crippen molar-refractivity contribution < 1.29 is 13.9 Å². The van der Waals surface area contributed by atoms with Crippen LogP contribution in [0.2, 0.25) is 5.02 Å². The Balaban J connectivity index is 3.19. The largest absolute Gasteiger partial charge is 0.504 e. The van der Waals surface area contributed by atoms with Gasteiger partial charge in [0, 0.05) is 0 Å². The third-order valence-corrected chi connectivity index (χ3v) is 2.58. The lowest BCUT2D eigenvalue weighted by molar-refractivity contribution is 0.401. The van der Waals surface area contributed by atoms with Crippen LogP contribution in [0.25, 0.3) is 0 Å². The number of halogens is 3. The Labute approximate surface area is 91.7 Å². The second kappa shape index (κ2) is 4.77. The van der Waals surface area contributed by atoms with Gasteiger partial charge in [0.1, 0.15) is 0 Å². The van der Waals surface area contributed by atoms with Crippen molar-refractivity contribution >= 4 is 11.6 Å². The zero-order valence-electron chi connectivity index (χ0n) is 8.23. The number of aromatic hydroxyl groups is 1. The standard InChI is InChI=1S/C10H12ClF2NO/c1-5(2-3-14)6-4-7(11)10(15)9(13)8(6)12/h4-5,15H,2-3,14H2,1H3. The van der Waals surface area contributed by atoms with E-state index in [0.29, 0.717) is 13.0 Å². The van der Waals surface area contributed by atoms with Gasteiger partial charge in [0.2, 0.25) is 5.82 Å². The van der Waals surface area contributed by atoms with Crippen molar-refractivity contribution in [3.63, 3.8) is 0 Å². The van der Waals surface area contributed by atoms with Crippen molar-refractivity contribution in [2.24, 2.45) is 5.73 Å². The monoisotopic (exact) mass is 235 g/mol. The summed E-state index contributed by atoms with van der Waals surface area (Å²) in [6.45, 7) is 2.10. The van der Waals surface area contributed by atoms with Crippen LogP contribution in [0.1, 0.15) is 24.8 Å². The minimum absolute atomic E-state index is 0.140. The molecule has 0 aliphatic heterocycles. The maximum absolute atomic E-state index is 13.4. The molecule has 84 valence electrons. The summed E-state index contributed by atoms with van der Waals surface area (Å²) in [5.41, 5.74) is 5.46. The van der Waals surface area contributed by atoms with E-state index in [-0.39, 0.29) is 16.5 Å². The molecule has 1 aromatic rings. The molecule has 2 nitrogen and oxygen atoms in total. The number of hydrogen-bond donors (Lipinski definition) is 2. The molecular weight excluding hydrogens is 224 g/mol. The minimum Gasteiger partial charge on any atom is -0.504 e. The molecule has 1 rings (SSSR count). The van der Waals surface area contributed by atoms with Gasteiger partial charge in [0.25, 0.3) is 0 Å². The highest BCUT2D eigenvalue weighted by molar-refractivity contribution is 6.32. The van der Waals surface area contributed by atoms with Gasteiger partial charge in [-0.05, 0) is 30.5 Å². The topological polar surface area (TPSA) is 46.2 Å². The maximum atomic E-state index is 13.4. The van der Waals surface area contributed by atoms with E-state index in [1.54, 1.807) is 6.92 Å². The van der Waals surface area contributed by atoms with Crippen molar-refractivity contribution in [1.29, 1.82) is 0 Å². The van der Waals surface area contributed by atoms with E-state index in [1.807, 2.05) is 0 Å². The van der Waals surface area contributed by atoms with Crippen molar-refractivity contribution in [2.75, 3.05) is 6.54 Å². The van der Waals surface area contributed by atoms with Gasteiger partial charge in [-0.15, -0.1) is 0 Å². The Bertz CT molecular complexity index is 371. The molecule has 0 amide bonds. The number of phenols is 1. The second-order valence-corrected chi connectivity index (χ2v) is 3.81. The fourth-order valence-corrected chi connectivity index (χ4v) is 1.57. The highest BCUT2D eigenvalue weighted by Gasteiger charge is 2.20. The summed E-state index contributed by atoms with van der Waals surface area (Å²) in [5.74, 6) is -3.44. The Morgan fingerprint density at radius 2 is 2.07 bits per heavy atom. The van der Waals surface area contributed by atoms with Crippen LogP contribution in [0.4, 0.5) is 8.78 Å². The van der Waals surface area contributed by atoms with Gasteiger partial charge in [-0.25, -0.2) is 4.39 Å². The summed E-state index contributed by atoms with van der Waals surface area (Å²) in [6.07, 6.45) is 0.525. The van der Waals surface area contributed by atoms with Crippen LogP contribution in [0, 0.1) is 11.6 Å². The van der Waals surface area contributed by atoms with E-state index in [9.17, 15) is 8.78 Å². The molecule has 0 radical (unpaired) electrons. The summed E-state index contributed by atoms with van der Waals surface area (Å²) in [5, 5.41) is 8.86. The van der Waals surface area contributed by atoms with Crippen LogP contribution in [0.3, 0.4) is 0 Å². The molecule has 5 heteroatoms. The molecule has 0 bridgehead atoms. The van der Waals surface area contributed by atoms with Gasteiger partial charge in [-0.3, -0.25) is 0 Å². The fourth-order valence-electron chi connectivity index (χ4n) is 1.37. The van der Waals surface area contributed by atoms with Crippen molar-refractivity contribution in [1.82, 2.24) is 0 Å². The number of nitrogens with two attached hydrogens (primary N) is 1. The highest BCUT2D eigenvalue weighted by Crippen LogP contribution is 2.34. The molecule has 1 unspecified atom stereocenters. The molecule has 0 saturated heterocycles. The van der Waals surface area contributed by atoms with Crippen LogP contribution in [-0.2, 0) is 0 Å². The van der Waals surface area contributed by atoms with Crippen LogP contribution < -0.4 is 5.73 Å². The van der Waals surface area contributed by atoms with Gasteiger partial charge < -0.3 is 10.8 Å². The lowest BCUT2D eigenvalue weighted by atomic mass is 9.97. The summed E-state index contributed by atoms with van der Waals surface area (Å²) >= 11 is 5.55. The predicted molar refractivity (Wildman–Crippen MR) is 55.1 cm³/mol. The van der Waals surface area contributed by atoms with Gasteiger partial charge >= 0.3 is 0 Å². The summed E-state index contributed by atoms with van der Waals surface area (Å²) in [7, 11) is 0. The Hall–Kier alpha value is -0.870. The SMILES string of the molecule is CC(CCN)c1cc(Cl)c(O)c(F)c1F. The normalized spacial score (nSPS) is 12.9. The molecular formula is C10H12ClF2NO. The summed E-state index contributed by atoms with van der Waals surface area (Å²) in [4.78, 5) is 0. The molecule has 0 heterocycles. The molecule has 0 spiro atoms. The van der Waals surface area contributed by atoms with E-state index in [4.69, 9.17) is 22.4 Å². The number of hydrogen-bond acceptors (Lipinski definition) is 2. The van der Waals surface area contributed by atoms with E-state index in [1.165, 1.54) is 6.07 Å². The second-order valence-electron chi connectivity index (χ2n) is 3.40. The number of phenolic OH excluding ortho intramolecular Hbond substituents is 1. The molecule has 0 aromatic heterocycles. The van der Waals surface area contributed by atoms with Gasteiger partial charge in [0.05, 0.1) is 5.02 Å². The average Bonchev–Trinajstić information content (AvgIpc) is 2.20. The Morgan fingerprint density at radius 1 is 1.47 bits per heavy atom. The summed E-state index contributed by atoms with van der Waals surface area (Å²) < 4.78 is 26.5. The van der Waals surface area contributed by atoms with Crippen molar-refractivity contribution in [3.8, 4) is 5.75 Å². The predicted octanol–water partition coefficient (Wildman–Crippen LogP) is 2.78. The van der Waals surface area contributed by atoms with E-state index < -0.39 is 17.4 Å². The number of rotatable bonds is 3. The highest BCUT2D eigenvalue weighted by atomic mass is 35.5. The van der Waals surface area contributed by atoms with Gasteiger partial charge in [-0.2, -0.15) is 4.39 Å². The zero-order valence-corrected chi connectivity index (χ0v) is 8.98. The lowest BCUT2D eigenvalue weighted by Gasteiger charge is -2.13. The van der Waals surface area contributed by atoms with Crippen LogP contribution in [0.15, 0.2) is 6.07 Å². The minimum atomic E-state index is -1.30. The van der Waals surface area contributed by atoms with Gasteiger partial charge in [-0.1, -0.05) is 18.5 Å². The molecule has 0 aliphatic carbocycles. The first-order valence-corrected chi connectivity index (χ1v) is 4.93. The molecule has 3 N–H and O–H groups in total. The molecule has 0 aliphatic rings. The smallest absolute Gasteiger partial charge is 0.202 e. The van der Waals surface area contributed by atoms with E-state index in [2.05, 4.69) is 0 Å². The summed E-state index contributed by atoms with van der Waals surface area (Å²) in [6, 6.07) is 1.23. The molecule has 1 aromatic carbocycles. The quantitative estimate of drug-likeness (QED) is 0.792. The van der Waals surface area contributed by atoms with E-state index >= 15 is 0 Å². The van der Waals surface area contributed by atoms with Gasteiger partial charge in [0.15, 0.2) is 11.6 Å². The first kappa shape index (κ1) is 12.2. The number of benzene rings is 1. The van der Waals surface area contributed by atoms with Crippen molar-refractivity contribution in [2.45, 2.75) is 19.3 Å². The van der Waals surface area contributed by atoms with Crippen molar-refractivity contribution in [3.05, 3.63) is 28.3 Å². The average molecular weight is 236 g/mol. The third kappa shape index (κ3) is 2.38. The third-order valence-electron chi connectivity index (χ3n) is 2.29. The van der Waals surface area contributed by atoms with E-state index in [0.717, 1.165) is 0 Å². The first-order chi connectivity index (χ1) is 6.99. The molecule has 0 fully saturated rings. The van der Waals surface area contributed by atoms with Crippen LogP contribution >= 0.6 is 11.6 Å². The van der Waals surface area contributed by atoms with Crippen LogP contribution in [0.5, 0.6) is 5.75 Å². The zero-order chi connectivity index (χ0) is 11.6. The molecule has 15 heavy (non-hydrogen) atoms. The fraction of sp³-hybridized carbons (Fsp3) is 0.400. The maximum Gasteiger partial charge on any atom is 0.202 e. The Morgan fingerprint density at radius 3 is 2.60 bits per heavy atom. The van der Waals surface area contributed by atoms with Crippen LogP contribution in [-0.4, -0.2) is 11.7 Å². The first-order valence-electron chi connectivity index (χ1n) is 4.55. The lowest BCUT2D eigenvalue weighted by Crippen LogP contribution is -2.07. The molecule has 1 atom stereocenters.